The second-order valence-electron chi connectivity index (χ2n) is 11.1. The van der Waals surface area contributed by atoms with E-state index in [4.69, 9.17) is 46.4 Å². The van der Waals surface area contributed by atoms with Crippen LogP contribution in [0.3, 0.4) is 0 Å². The second kappa shape index (κ2) is 20.7. The lowest BCUT2D eigenvalue weighted by atomic mass is 10.2. The van der Waals surface area contributed by atoms with Gasteiger partial charge in [0.05, 0.1) is 25.4 Å². The predicted molar refractivity (Wildman–Crippen MR) is 241 cm³/mol. The molecule has 0 amide bonds. The third-order valence-corrected chi connectivity index (χ3v) is 20.5. The molecule has 0 radical (unpaired) electrons. The molecule has 0 aliphatic carbocycles. The van der Waals surface area contributed by atoms with E-state index in [1.54, 1.807) is 0 Å². The summed E-state index contributed by atoms with van der Waals surface area (Å²) in [6.45, 7) is 0. The molecular weight excluding hydrogens is 855 g/mol. The molecule has 0 saturated heterocycles. The average Bonchev–Trinajstić information content (AvgIpc) is 3.79. The van der Waals surface area contributed by atoms with Gasteiger partial charge in [-0.25, -0.2) is 0 Å². The molecule has 4 aromatic carbocycles. The van der Waals surface area contributed by atoms with E-state index in [9.17, 15) is 0 Å². The van der Waals surface area contributed by atoms with Crippen molar-refractivity contribution in [2.45, 2.75) is 46.5 Å². The summed E-state index contributed by atoms with van der Waals surface area (Å²) in [5.74, 6) is 5.86. The zero-order valence-corrected chi connectivity index (χ0v) is 36.2. The Balaban J connectivity index is 1.19. The van der Waals surface area contributed by atoms with Crippen molar-refractivity contribution in [2.75, 3.05) is 0 Å². The highest BCUT2D eigenvalue weighted by Gasteiger charge is 2.31. The number of hydrogen-bond donors (Lipinski definition) is 0. The number of alkyl halides is 4. The molecule has 2 aliphatic heterocycles. The molecule has 0 unspecified atom stereocenters. The summed E-state index contributed by atoms with van der Waals surface area (Å²) >= 11 is 39.7. The Labute approximate surface area is 350 Å². The lowest BCUT2D eigenvalue weighted by Crippen LogP contribution is -1.84. The van der Waals surface area contributed by atoms with Crippen LogP contribution in [0.2, 0.25) is 0 Å². The van der Waals surface area contributed by atoms with Crippen LogP contribution in [0.5, 0.6) is 0 Å². The van der Waals surface area contributed by atoms with Gasteiger partial charge in [-0.15, -0.1) is 93.5 Å². The van der Waals surface area contributed by atoms with Gasteiger partial charge >= 0.3 is 0 Å². The lowest BCUT2D eigenvalue weighted by molar-refractivity contribution is 1.34. The molecule has 2 aliphatic rings. The summed E-state index contributed by atoms with van der Waals surface area (Å²) in [5, 5.41) is 0. The SMILES string of the molecule is ClCc1ccc(CSC2=C(SCc3ccc(CCl)cc3)SC(=C3SC(SCc4ccc(CCl)cc4)=C(SCc4ccc(CCl)cc4)S3)S2)cc1. The maximum atomic E-state index is 6.05. The van der Waals surface area contributed by atoms with Crippen LogP contribution in [-0.2, 0) is 46.5 Å². The van der Waals surface area contributed by atoms with E-state index in [0.717, 1.165) is 45.3 Å². The summed E-state index contributed by atoms with van der Waals surface area (Å²) in [5.41, 5.74) is 9.85. The molecule has 50 heavy (non-hydrogen) atoms. The van der Waals surface area contributed by atoms with Crippen molar-refractivity contribution in [2.24, 2.45) is 0 Å². The van der Waals surface area contributed by atoms with Gasteiger partial charge in [0.15, 0.2) is 0 Å². The molecule has 0 saturated carbocycles. The van der Waals surface area contributed by atoms with E-state index < -0.39 is 0 Å². The molecule has 0 atom stereocenters. The molecule has 4 aromatic rings. The molecule has 12 heteroatoms. The van der Waals surface area contributed by atoms with E-state index in [2.05, 4.69) is 97.1 Å². The lowest BCUT2D eigenvalue weighted by Gasteiger charge is -2.06. The predicted octanol–water partition coefficient (Wildman–Crippen LogP) is 16.0. The van der Waals surface area contributed by atoms with Crippen molar-refractivity contribution in [1.82, 2.24) is 0 Å². The van der Waals surface area contributed by atoms with E-state index in [1.165, 1.54) is 47.7 Å². The quantitative estimate of drug-likeness (QED) is 0.101. The summed E-state index contributed by atoms with van der Waals surface area (Å²) in [4.78, 5) is 0. The van der Waals surface area contributed by atoms with Gasteiger partial charge in [-0.3, -0.25) is 0 Å². The summed E-state index contributed by atoms with van der Waals surface area (Å²) in [6.07, 6.45) is 0. The van der Waals surface area contributed by atoms with Crippen LogP contribution < -0.4 is 0 Å². The second-order valence-corrected chi connectivity index (χ2v) is 21.7. The van der Waals surface area contributed by atoms with Gasteiger partial charge in [0, 0.05) is 46.5 Å². The van der Waals surface area contributed by atoms with E-state index in [0.29, 0.717) is 23.5 Å². The Hall–Kier alpha value is 0.0600. The Morgan fingerprint density at radius 2 is 0.480 bits per heavy atom. The normalized spacial score (nSPS) is 14.8. The first-order valence-corrected chi connectivity index (χ1v) is 24.9. The van der Waals surface area contributed by atoms with Crippen LogP contribution in [0, 0.1) is 0 Å². The van der Waals surface area contributed by atoms with Crippen LogP contribution in [0.15, 0.2) is 122 Å². The van der Waals surface area contributed by atoms with Gasteiger partial charge in [0.2, 0.25) is 0 Å². The smallest absolute Gasteiger partial charge is 0.0717 e. The van der Waals surface area contributed by atoms with Crippen molar-refractivity contribution in [1.29, 1.82) is 0 Å². The monoisotopic (exact) mass is 884 g/mol. The number of thioether (sulfide) groups is 8. The molecule has 0 spiro atoms. The first-order chi connectivity index (χ1) is 24.5. The number of rotatable bonds is 16. The summed E-state index contributed by atoms with van der Waals surface area (Å²) < 4.78 is 8.31. The van der Waals surface area contributed by atoms with Gasteiger partial charge < -0.3 is 0 Å². The van der Waals surface area contributed by atoms with E-state index in [-0.39, 0.29) is 0 Å². The van der Waals surface area contributed by atoms with Crippen molar-refractivity contribution in [3.05, 3.63) is 167 Å². The minimum Gasteiger partial charge on any atom is -0.122 e. The fraction of sp³-hybridized carbons (Fsp3) is 0.211. The van der Waals surface area contributed by atoms with E-state index in [1.807, 2.05) is 94.1 Å². The van der Waals surface area contributed by atoms with Gasteiger partial charge in [0.25, 0.3) is 0 Å². The number of hydrogen-bond acceptors (Lipinski definition) is 8. The first kappa shape index (κ1) is 39.7. The Morgan fingerprint density at radius 1 is 0.300 bits per heavy atom. The van der Waals surface area contributed by atoms with Gasteiger partial charge in [-0.2, -0.15) is 0 Å². The molecule has 6 rings (SSSR count). The largest absolute Gasteiger partial charge is 0.122 e. The molecule has 0 N–H and O–H groups in total. The van der Waals surface area contributed by atoms with Crippen LogP contribution in [0.4, 0.5) is 0 Å². The van der Waals surface area contributed by atoms with Gasteiger partial charge in [0.1, 0.15) is 0 Å². The first-order valence-electron chi connectivity index (χ1n) is 15.5. The maximum Gasteiger partial charge on any atom is 0.0717 e. The average molecular weight is 887 g/mol. The molecule has 0 aromatic heterocycles. The van der Waals surface area contributed by atoms with Crippen LogP contribution in [0.25, 0.3) is 0 Å². The zero-order chi connectivity index (χ0) is 34.7. The van der Waals surface area contributed by atoms with Crippen LogP contribution in [-0.4, -0.2) is 0 Å². The van der Waals surface area contributed by atoms with Gasteiger partial charge in [-0.1, -0.05) is 144 Å². The Morgan fingerprint density at radius 3 is 0.660 bits per heavy atom. The van der Waals surface area contributed by atoms with Crippen LogP contribution >= 0.6 is 140 Å². The zero-order valence-electron chi connectivity index (χ0n) is 26.7. The number of benzene rings is 4. The summed E-state index contributed by atoms with van der Waals surface area (Å²) in [7, 11) is 0. The third kappa shape index (κ3) is 11.5. The van der Waals surface area contributed by atoms with Crippen molar-refractivity contribution in [3.8, 4) is 0 Å². The third-order valence-electron chi connectivity index (χ3n) is 7.43. The molecular formula is C38H32Cl4S8. The molecule has 0 fully saturated rings. The highest BCUT2D eigenvalue weighted by Crippen LogP contribution is 2.66. The molecule has 0 bridgehead atoms. The van der Waals surface area contributed by atoms with E-state index >= 15 is 0 Å². The summed E-state index contributed by atoms with van der Waals surface area (Å²) in [6, 6.07) is 34.7. The van der Waals surface area contributed by atoms with Crippen LogP contribution in [0.1, 0.15) is 44.5 Å². The highest BCUT2D eigenvalue weighted by atomic mass is 35.5. The Bertz CT molecular complexity index is 1560. The number of halogens is 4. The molecule has 2 heterocycles. The minimum absolute atomic E-state index is 0.541. The molecule has 260 valence electrons. The Kier molecular flexibility index (Phi) is 16.4. The van der Waals surface area contributed by atoms with Crippen molar-refractivity contribution in [3.63, 3.8) is 0 Å². The maximum absolute atomic E-state index is 6.05. The van der Waals surface area contributed by atoms with Crippen molar-refractivity contribution < 1.29 is 0 Å². The molecule has 0 nitrogen and oxygen atoms in total. The van der Waals surface area contributed by atoms with Gasteiger partial charge in [-0.05, 0) is 44.5 Å². The topological polar surface area (TPSA) is 0 Å². The standard InChI is InChI=1S/C38H32Cl4S8/c39-17-25-1-9-29(10-2-25)21-43-33-34(44-22-30-11-3-26(18-40)4-12-30)48-37(47-33)38-49-35(45-23-31-13-5-27(19-41)6-14-31)36(50-38)46-24-32-15-7-28(20-42)8-16-32/h1-16H,17-24H2. The fourth-order valence-corrected chi connectivity index (χ4v) is 17.1. The fourth-order valence-electron chi connectivity index (χ4n) is 4.56. The van der Waals surface area contributed by atoms with Crippen molar-refractivity contribution >= 4 is 140 Å². The highest BCUT2D eigenvalue weighted by molar-refractivity contribution is 8.44. The minimum atomic E-state index is 0.541.